The van der Waals surface area contributed by atoms with Crippen molar-refractivity contribution < 1.29 is 0 Å². The van der Waals surface area contributed by atoms with Crippen molar-refractivity contribution in [3.63, 3.8) is 0 Å². The van der Waals surface area contributed by atoms with E-state index < -0.39 is 0 Å². The van der Waals surface area contributed by atoms with Crippen LogP contribution in [0.1, 0.15) is 27.2 Å². The molecule has 1 fully saturated rings. The van der Waals surface area contributed by atoms with E-state index in [4.69, 9.17) is 0 Å². The molecule has 1 heterocycles. The van der Waals surface area contributed by atoms with Gasteiger partial charge < -0.3 is 5.32 Å². The lowest BCUT2D eigenvalue weighted by molar-refractivity contribution is 0.375. The first-order valence-electron chi connectivity index (χ1n) is 3.31. The maximum Gasteiger partial charge on any atom is 0.0198 e. The number of hydrogen-bond acceptors (Lipinski definition) is 1. The van der Waals surface area contributed by atoms with Crippen LogP contribution in [-0.4, -0.2) is 12.6 Å². The van der Waals surface area contributed by atoms with Crippen LogP contribution in [0.5, 0.6) is 0 Å². The summed E-state index contributed by atoms with van der Waals surface area (Å²) >= 11 is 0. The molecule has 0 aromatic rings. The van der Waals surface area contributed by atoms with Crippen molar-refractivity contribution in [2.75, 3.05) is 6.54 Å². The fourth-order valence-electron chi connectivity index (χ4n) is 0.967. The molecule has 1 aliphatic rings. The van der Waals surface area contributed by atoms with E-state index in [1.54, 1.807) is 0 Å². The van der Waals surface area contributed by atoms with Gasteiger partial charge in [-0.15, -0.1) is 0 Å². The highest BCUT2D eigenvalue weighted by molar-refractivity contribution is 4.86. The van der Waals surface area contributed by atoms with Gasteiger partial charge in [0.2, 0.25) is 0 Å². The molecule has 0 aliphatic carbocycles. The Balaban J connectivity index is 2.16. The molecule has 1 saturated heterocycles. The third-order valence-electron chi connectivity index (χ3n) is 1.35. The molecule has 1 rings (SSSR count). The average molecular weight is 113 g/mol. The van der Waals surface area contributed by atoms with Gasteiger partial charge in [-0.2, -0.15) is 0 Å². The standard InChI is InChI=1S/C7H15N/c1-7(2,3)4-6-5-8-6/h6,8H,4-5H2,1-3H3/t6-/m0/s1. The molecule has 1 nitrogen and oxygen atoms in total. The van der Waals surface area contributed by atoms with Crippen molar-refractivity contribution in [3.05, 3.63) is 0 Å². The van der Waals surface area contributed by atoms with E-state index in [1.165, 1.54) is 13.0 Å². The molecule has 48 valence electrons. The van der Waals surface area contributed by atoms with E-state index in [0.717, 1.165) is 6.04 Å². The summed E-state index contributed by atoms with van der Waals surface area (Å²) in [4.78, 5) is 0. The Morgan fingerprint density at radius 3 is 2.12 bits per heavy atom. The lowest BCUT2D eigenvalue weighted by Crippen LogP contribution is -2.09. The topological polar surface area (TPSA) is 21.9 Å². The van der Waals surface area contributed by atoms with Gasteiger partial charge in [0.05, 0.1) is 0 Å². The van der Waals surface area contributed by atoms with E-state index in [2.05, 4.69) is 26.1 Å². The lowest BCUT2D eigenvalue weighted by atomic mass is 9.91. The maximum absolute atomic E-state index is 3.29. The molecular weight excluding hydrogens is 98.1 g/mol. The second-order valence-electron chi connectivity index (χ2n) is 3.87. The van der Waals surface area contributed by atoms with Gasteiger partial charge in [-0.3, -0.25) is 0 Å². The van der Waals surface area contributed by atoms with Crippen LogP contribution >= 0.6 is 0 Å². The number of nitrogens with one attached hydrogen (secondary N) is 1. The molecule has 0 saturated carbocycles. The summed E-state index contributed by atoms with van der Waals surface area (Å²) in [6, 6.07) is 0.843. The molecule has 1 aliphatic heterocycles. The number of hydrogen-bond donors (Lipinski definition) is 1. The summed E-state index contributed by atoms with van der Waals surface area (Å²) in [5, 5.41) is 3.29. The van der Waals surface area contributed by atoms with Crippen molar-refractivity contribution in [3.8, 4) is 0 Å². The van der Waals surface area contributed by atoms with Crippen LogP contribution in [0.4, 0.5) is 0 Å². The van der Waals surface area contributed by atoms with Gasteiger partial charge in [0.15, 0.2) is 0 Å². The van der Waals surface area contributed by atoms with Crippen LogP contribution in [0.2, 0.25) is 0 Å². The zero-order valence-corrected chi connectivity index (χ0v) is 5.99. The van der Waals surface area contributed by atoms with Crippen LogP contribution in [0.25, 0.3) is 0 Å². The molecule has 0 aromatic carbocycles. The first-order valence-corrected chi connectivity index (χ1v) is 3.31. The van der Waals surface area contributed by atoms with Gasteiger partial charge in [-0.05, 0) is 11.8 Å². The molecule has 0 bridgehead atoms. The Kier molecular flexibility index (Phi) is 1.31. The fourth-order valence-corrected chi connectivity index (χ4v) is 0.967. The molecular formula is C7H15N. The van der Waals surface area contributed by atoms with Gasteiger partial charge in [0.25, 0.3) is 0 Å². The highest BCUT2D eigenvalue weighted by Gasteiger charge is 2.25. The number of rotatable bonds is 1. The van der Waals surface area contributed by atoms with Crippen LogP contribution < -0.4 is 5.32 Å². The smallest absolute Gasteiger partial charge is 0.0198 e. The Labute approximate surface area is 51.5 Å². The molecule has 1 heteroatoms. The van der Waals surface area contributed by atoms with Gasteiger partial charge >= 0.3 is 0 Å². The Hall–Kier alpha value is -0.0400. The van der Waals surface area contributed by atoms with Crippen LogP contribution in [0, 0.1) is 5.41 Å². The van der Waals surface area contributed by atoms with Crippen molar-refractivity contribution in [1.29, 1.82) is 0 Å². The van der Waals surface area contributed by atoms with Gasteiger partial charge in [-0.1, -0.05) is 20.8 Å². The van der Waals surface area contributed by atoms with E-state index >= 15 is 0 Å². The predicted octanol–water partition coefficient (Wildman–Crippen LogP) is 1.39. The predicted molar refractivity (Wildman–Crippen MR) is 35.9 cm³/mol. The first-order chi connectivity index (χ1) is 3.58. The maximum atomic E-state index is 3.29. The Morgan fingerprint density at radius 2 is 2.00 bits per heavy atom. The van der Waals surface area contributed by atoms with E-state index in [-0.39, 0.29) is 0 Å². The lowest BCUT2D eigenvalue weighted by Gasteiger charge is -2.15. The second-order valence-corrected chi connectivity index (χ2v) is 3.87. The molecule has 0 unspecified atom stereocenters. The Morgan fingerprint density at radius 1 is 1.50 bits per heavy atom. The zero-order valence-electron chi connectivity index (χ0n) is 5.99. The molecule has 1 N–H and O–H groups in total. The summed E-state index contributed by atoms with van der Waals surface area (Å²) in [6.45, 7) is 8.10. The average Bonchev–Trinajstić information content (AvgIpc) is 2.12. The SMILES string of the molecule is CC(C)(C)C[C@H]1CN1. The zero-order chi connectivity index (χ0) is 6.20. The molecule has 0 amide bonds. The van der Waals surface area contributed by atoms with E-state index in [1.807, 2.05) is 0 Å². The minimum atomic E-state index is 0.522. The van der Waals surface area contributed by atoms with Crippen LogP contribution in [0.15, 0.2) is 0 Å². The van der Waals surface area contributed by atoms with E-state index in [0.29, 0.717) is 5.41 Å². The van der Waals surface area contributed by atoms with Gasteiger partial charge in [0.1, 0.15) is 0 Å². The normalized spacial score (nSPS) is 28.1. The van der Waals surface area contributed by atoms with Crippen molar-refractivity contribution in [1.82, 2.24) is 5.32 Å². The third kappa shape index (κ3) is 2.31. The summed E-state index contributed by atoms with van der Waals surface area (Å²) in [5.74, 6) is 0. The molecule has 1 atom stereocenters. The highest BCUT2D eigenvalue weighted by atomic mass is 15.1. The third-order valence-corrected chi connectivity index (χ3v) is 1.35. The molecule has 0 aromatic heterocycles. The molecule has 8 heavy (non-hydrogen) atoms. The Bertz CT molecular complexity index is 76.9. The quantitative estimate of drug-likeness (QED) is 0.510. The molecule has 0 spiro atoms. The van der Waals surface area contributed by atoms with Crippen molar-refractivity contribution in [2.45, 2.75) is 33.2 Å². The minimum Gasteiger partial charge on any atom is -0.311 e. The van der Waals surface area contributed by atoms with Gasteiger partial charge in [0, 0.05) is 12.6 Å². The molecule has 0 radical (unpaired) electrons. The van der Waals surface area contributed by atoms with E-state index in [9.17, 15) is 0 Å². The summed E-state index contributed by atoms with van der Waals surface area (Å²) in [7, 11) is 0. The second kappa shape index (κ2) is 1.73. The summed E-state index contributed by atoms with van der Waals surface area (Å²) in [6.07, 6.45) is 1.33. The summed E-state index contributed by atoms with van der Waals surface area (Å²) in [5.41, 5.74) is 0.522. The largest absolute Gasteiger partial charge is 0.311 e. The summed E-state index contributed by atoms with van der Waals surface area (Å²) < 4.78 is 0. The fraction of sp³-hybridized carbons (Fsp3) is 1.00. The van der Waals surface area contributed by atoms with Crippen molar-refractivity contribution in [2.24, 2.45) is 5.41 Å². The van der Waals surface area contributed by atoms with Crippen LogP contribution in [0.3, 0.4) is 0 Å². The van der Waals surface area contributed by atoms with Crippen LogP contribution in [-0.2, 0) is 0 Å². The monoisotopic (exact) mass is 113 g/mol. The van der Waals surface area contributed by atoms with Gasteiger partial charge in [-0.25, -0.2) is 0 Å². The highest BCUT2D eigenvalue weighted by Crippen LogP contribution is 2.23. The first kappa shape index (κ1) is 6.09. The van der Waals surface area contributed by atoms with Crippen molar-refractivity contribution >= 4 is 0 Å². The minimum absolute atomic E-state index is 0.522.